The molecule has 0 amide bonds. The van der Waals surface area contributed by atoms with E-state index in [4.69, 9.17) is 38.4 Å². The molecule has 2 atom stereocenters. The van der Waals surface area contributed by atoms with Crippen molar-refractivity contribution >= 4 is 19.0 Å². The number of nitrogens with two attached hydrogens (primary N) is 2. The number of nitrogens with one attached hydrogen (secondary N) is 1. The van der Waals surface area contributed by atoms with Gasteiger partial charge in [-0.3, -0.25) is 5.73 Å². The predicted molar refractivity (Wildman–Crippen MR) is 150 cm³/mol. The first-order valence-electron chi connectivity index (χ1n) is 11.6. The van der Waals surface area contributed by atoms with Gasteiger partial charge in [-0.2, -0.15) is 0 Å². The quantitative estimate of drug-likeness (QED) is 0.0830. The Morgan fingerprint density at radius 1 is 1.08 bits per heavy atom. The summed E-state index contributed by atoms with van der Waals surface area (Å²) in [5.74, 6) is -0.882. The van der Waals surface area contributed by atoms with Gasteiger partial charge in [0, 0.05) is 24.2 Å². The summed E-state index contributed by atoms with van der Waals surface area (Å²) in [5.41, 5.74) is 12.5. The summed E-state index contributed by atoms with van der Waals surface area (Å²) in [4.78, 5) is 0. The highest BCUT2D eigenvalue weighted by Crippen LogP contribution is 2.33. The molecule has 0 heterocycles. The second kappa shape index (κ2) is 18.3. The van der Waals surface area contributed by atoms with Crippen LogP contribution in [0.15, 0.2) is 37.4 Å². The van der Waals surface area contributed by atoms with Crippen molar-refractivity contribution in [2.24, 2.45) is 17.4 Å². The molecule has 0 spiro atoms. The Bertz CT molecular complexity index is 889. The van der Waals surface area contributed by atoms with Crippen molar-refractivity contribution in [1.29, 1.82) is 0 Å². The van der Waals surface area contributed by atoms with Crippen LogP contribution in [-0.2, 0) is 0 Å². The fraction of sp³-hybridized carbons (Fsp3) is 0.462. The van der Waals surface area contributed by atoms with E-state index >= 15 is 0 Å². The van der Waals surface area contributed by atoms with Crippen LogP contribution in [0.25, 0.3) is 0 Å². The van der Waals surface area contributed by atoms with E-state index in [0.717, 1.165) is 29.2 Å². The smallest absolute Gasteiger partial charge is 0.246 e. The number of phenols is 2. The van der Waals surface area contributed by atoms with Crippen molar-refractivity contribution < 1.29 is 35.0 Å². The average Bonchev–Trinajstić information content (AvgIpc) is 2.89. The molecule has 208 valence electrons. The molecule has 10 N–H and O–H groups in total. The van der Waals surface area contributed by atoms with E-state index in [-0.39, 0.29) is 17.0 Å². The minimum Gasteiger partial charge on any atom is -0.505 e. The zero-order chi connectivity index (χ0) is 29.3. The van der Waals surface area contributed by atoms with Crippen molar-refractivity contribution in [3.63, 3.8) is 0 Å². The first kappa shape index (κ1) is 36.2. The minimum atomic E-state index is -2.44. The topological polar surface area (TPSA) is 184 Å². The monoisotopic (exact) mass is 521 g/mol. The molecule has 10 nitrogen and oxygen atoms in total. The number of hydrogen-bond acceptors (Lipinski definition) is 10. The highest BCUT2D eigenvalue weighted by atomic mass is 16.5. The van der Waals surface area contributed by atoms with Gasteiger partial charge in [-0.1, -0.05) is 19.1 Å². The molecule has 0 aromatic heterocycles. The van der Waals surface area contributed by atoms with Gasteiger partial charge in [0.2, 0.25) is 5.91 Å². The van der Waals surface area contributed by atoms with Crippen LogP contribution >= 0.6 is 0 Å². The summed E-state index contributed by atoms with van der Waals surface area (Å²) in [6.07, 6.45) is -0.279. The molecule has 0 bridgehead atoms. The summed E-state index contributed by atoms with van der Waals surface area (Å²) < 4.78 is 10.9. The average molecular weight is 521 g/mol. The lowest BCUT2D eigenvalue weighted by atomic mass is 9.87. The van der Waals surface area contributed by atoms with Crippen LogP contribution < -0.4 is 31.7 Å². The molecule has 0 aliphatic rings. The SMILES string of the molecule is C=C.CC(O)C(N)(O)O.CCC(CN)COc1ccccc1OC.[B]c1c(C)c(NC)c(C)c(O)c1O. The van der Waals surface area contributed by atoms with Crippen molar-refractivity contribution in [3.05, 3.63) is 48.6 Å². The molecular formula is C26H44BN3O7. The number of hydrogen-bond donors (Lipinski definition) is 8. The van der Waals surface area contributed by atoms with E-state index in [1.54, 1.807) is 28.0 Å². The van der Waals surface area contributed by atoms with Gasteiger partial charge >= 0.3 is 0 Å². The zero-order valence-electron chi connectivity index (χ0n) is 22.8. The number of aromatic hydroxyl groups is 2. The highest BCUT2D eigenvalue weighted by molar-refractivity contribution is 6.36. The van der Waals surface area contributed by atoms with E-state index in [2.05, 4.69) is 31.1 Å². The van der Waals surface area contributed by atoms with Crippen LogP contribution in [-0.4, -0.2) is 72.7 Å². The summed E-state index contributed by atoms with van der Waals surface area (Å²) in [5, 5.41) is 46.4. The van der Waals surface area contributed by atoms with E-state index in [1.165, 1.54) is 6.92 Å². The molecule has 2 aromatic carbocycles. The Kier molecular flexibility index (Phi) is 17.9. The van der Waals surface area contributed by atoms with Crippen molar-refractivity contribution in [2.75, 3.05) is 32.6 Å². The molecule has 2 aromatic rings. The van der Waals surface area contributed by atoms with E-state index < -0.39 is 12.0 Å². The Hall–Kier alpha value is -2.96. The molecule has 11 heteroatoms. The number of methoxy groups -OCH3 is 1. The number of aliphatic hydroxyl groups is 3. The van der Waals surface area contributed by atoms with E-state index in [9.17, 15) is 10.2 Å². The number of rotatable bonds is 8. The second-order valence-corrected chi connectivity index (χ2v) is 7.92. The molecule has 2 unspecified atom stereocenters. The predicted octanol–water partition coefficient (Wildman–Crippen LogP) is 1.38. The maximum atomic E-state index is 9.45. The lowest BCUT2D eigenvalue weighted by molar-refractivity contribution is -0.214. The fourth-order valence-corrected chi connectivity index (χ4v) is 2.69. The minimum absolute atomic E-state index is 0.160. The van der Waals surface area contributed by atoms with E-state index in [0.29, 0.717) is 24.6 Å². The van der Waals surface area contributed by atoms with Crippen molar-refractivity contribution in [2.45, 2.75) is 46.1 Å². The summed E-state index contributed by atoms with van der Waals surface area (Å²) in [6.45, 7) is 14.1. The van der Waals surface area contributed by atoms with Gasteiger partial charge < -0.3 is 46.1 Å². The number of aliphatic hydroxyl groups excluding tert-OH is 1. The van der Waals surface area contributed by atoms with Crippen LogP contribution in [0, 0.1) is 19.8 Å². The Labute approximate surface area is 222 Å². The summed E-state index contributed by atoms with van der Waals surface area (Å²) >= 11 is 0. The molecule has 0 fully saturated rings. The Balaban J connectivity index is 0. The van der Waals surface area contributed by atoms with Crippen LogP contribution in [0.5, 0.6) is 23.0 Å². The van der Waals surface area contributed by atoms with Gasteiger partial charge in [-0.15, -0.1) is 13.2 Å². The van der Waals surface area contributed by atoms with Gasteiger partial charge in [-0.25, -0.2) is 0 Å². The number of ether oxygens (including phenoxy) is 2. The largest absolute Gasteiger partial charge is 0.505 e. The van der Waals surface area contributed by atoms with Crippen molar-refractivity contribution in [3.8, 4) is 23.0 Å². The normalized spacial score (nSPS) is 11.8. The number of anilines is 1. The third-order valence-electron chi connectivity index (χ3n) is 5.31. The standard InChI is InChI=1S/C12H19NO2.C9H12BNO2.C3H9NO3.C2H4/c1-3-10(8-13)9-15-12-7-5-4-6-11(12)14-2;1-4-6(10)9(13)8(12)5(2)7(4)11-3;1-2(5)3(4,6)7;1-2/h4-7,10H,3,8-9,13H2,1-2H3;11-13H,1-3H3;2,5-7H,4H2,1H3;1-2H2. The van der Waals surface area contributed by atoms with Gasteiger partial charge in [-0.05, 0) is 56.9 Å². The zero-order valence-corrected chi connectivity index (χ0v) is 22.8. The first-order valence-corrected chi connectivity index (χ1v) is 11.6. The number of para-hydroxylation sites is 2. The highest BCUT2D eigenvalue weighted by Gasteiger charge is 2.22. The maximum Gasteiger partial charge on any atom is 0.246 e. The molecule has 0 saturated heterocycles. The number of phenolic OH excluding ortho intramolecular Hbond substituents is 2. The molecule has 0 aliphatic carbocycles. The Morgan fingerprint density at radius 2 is 1.57 bits per heavy atom. The first-order chi connectivity index (χ1) is 17.3. The van der Waals surface area contributed by atoms with Crippen LogP contribution in [0.2, 0.25) is 0 Å². The molecular weight excluding hydrogens is 477 g/mol. The molecule has 2 radical (unpaired) electrons. The lowest BCUT2D eigenvalue weighted by Crippen LogP contribution is -2.49. The molecule has 0 saturated carbocycles. The third kappa shape index (κ3) is 12.2. The fourth-order valence-electron chi connectivity index (χ4n) is 2.69. The van der Waals surface area contributed by atoms with Crippen LogP contribution in [0.3, 0.4) is 0 Å². The Morgan fingerprint density at radius 3 is 1.95 bits per heavy atom. The number of benzene rings is 2. The van der Waals surface area contributed by atoms with E-state index in [1.807, 2.05) is 24.3 Å². The lowest BCUT2D eigenvalue weighted by Gasteiger charge is -2.17. The molecule has 37 heavy (non-hydrogen) atoms. The van der Waals surface area contributed by atoms with Crippen molar-refractivity contribution in [1.82, 2.24) is 0 Å². The van der Waals surface area contributed by atoms with Crippen LogP contribution in [0.4, 0.5) is 5.69 Å². The van der Waals surface area contributed by atoms with Gasteiger partial charge in [0.15, 0.2) is 23.0 Å². The third-order valence-corrected chi connectivity index (χ3v) is 5.31. The van der Waals surface area contributed by atoms with Crippen LogP contribution in [0.1, 0.15) is 31.4 Å². The van der Waals surface area contributed by atoms with Gasteiger partial charge in [0.25, 0.3) is 0 Å². The second-order valence-electron chi connectivity index (χ2n) is 7.92. The van der Waals surface area contributed by atoms with Gasteiger partial charge in [0.1, 0.15) is 14.0 Å². The molecule has 0 aliphatic heterocycles. The molecule has 2 rings (SSSR count). The van der Waals surface area contributed by atoms with Gasteiger partial charge in [0.05, 0.1) is 13.7 Å². The summed E-state index contributed by atoms with van der Waals surface area (Å²) in [7, 11) is 8.96. The maximum absolute atomic E-state index is 9.45. The summed E-state index contributed by atoms with van der Waals surface area (Å²) in [6, 6.07) is 7.65.